The maximum absolute atomic E-state index is 12.3. The summed E-state index contributed by atoms with van der Waals surface area (Å²) >= 11 is 1.61. The van der Waals surface area contributed by atoms with Crippen molar-refractivity contribution in [2.75, 3.05) is 17.2 Å². The lowest BCUT2D eigenvalue weighted by Gasteiger charge is -2.12. The summed E-state index contributed by atoms with van der Waals surface area (Å²) in [5, 5.41) is 6.02. The van der Waals surface area contributed by atoms with Crippen molar-refractivity contribution in [2.45, 2.75) is 16.7 Å². The van der Waals surface area contributed by atoms with Crippen molar-refractivity contribution in [3.8, 4) is 0 Å². The van der Waals surface area contributed by atoms with E-state index in [9.17, 15) is 9.59 Å². The number of carbonyl (C=O) groups excluding carboxylic acids is 2. The lowest BCUT2D eigenvalue weighted by atomic mass is 10.1. The number of ketones is 1. The van der Waals surface area contributed by atoms with Gasteiger partial charge in [0.15, 0.2) is 5.78 Å². The van der Waals surface area contributed by atoms with E-state index in [0.717, 1.165) is 21.2 Å². The Balaban J connectivity index is 1.60. The van der Waals surface area contributed by atoms with Crippen LogP contribution in [0, 0.1) is 0 Å². The molecule has 136 valence electrons. The number of rotatable bonds is 7. The molecule has 0 fully saturated rings. The monoisotopic (exact) mass is 376 g/mol. The topological polar surface area (TPSA) is 58.2 Å². The van der Waals surface area contributed by atoms with Gasteiger partial charge in [-0.25, -0.2) is 0 Å². The smallest absolute Gasteiger partial charge is 0.243 e. The van der Waals surface area contributed by atoms with Crippen LogP contribution in [0.4, 0.5) is 11.4 Å². The van der Waals surface area contributed by atoms with E-state index in [0.29, 0.717) is 5.56 Å². The van der Waals surface area contributed by atoms with Crippen LogP contribution >= 0.6 is 11.8 Å². The van der Waals surface area contributed by atoms with E-state index >= 15 is 0 Å². The second-order valence-electron chi connectivity index (χ2n) is 5.95. The van der Waals surface area contributed by atoms with Crippen LogP contribution in [0.1, 0.15) is 17.3 Å². The Morgan fingerprint density at radius 2 is 1.52 bits per heavy atom. The Kier molecular flexibility index (Phi) is 6.28. The standard InChI is InChI=1S/C22H20N2O2S/c1-16(25)17-11-13-18(14-12-17)23-15-22(26)24-20-9-5-6-10-21(20)27-19-7-3-2-4-8-19/h2-14,23H,15H2,1H3,(H,24,26). The highest BCUT2D eigenvalue weighted by Crippen LogP contribution is 2.33. The zero-order valence-corrected chi connectivity index (χ0v) is 15.8. The van der Waals surface area contributed by atoms with Crippen LogP contribution in [0.2, 0.25) is 0 Å². The summed E-state index contributed by atoms with van der Waals surface area (Å²) in [6.07, 6.45) is 0. The predicted octanol–water partition coefficient (Wildman–Crippen LogP) is 5.09. The number of amides is 1. The molecule has 0 aromatic heterocycles. The molecule has 2 N–H and O–H groups in total. The van der Waals surface area contributed by atoms with Gasteiger partial charge in [0, 0.05) is 21.0 Å². The predicted molar refractivity (Wildman–Crippen MR) is 111 cm³/mol. The molecular formula is C22H20N2O2S. The van der Waals surface area contributed by atoms with Crippen molar-refractivity contribution in [1.29, 1.82) is 0 Å². The number of carbonyl (C=O) groups is 2. The van der Waals surface area contributed by atoms with Crippen LogP contribution in [0.25, 0.3) is 0 Å². The van der Waals surface area contributed by atoms with E-state index in [1.54, 1.807) is 36.0 Å². The third kappa shape index (κ3) is 5.46. The Morgan fingerprint density at radius 3 is 2.22 bits per heavy atom. The van der Waals surface area contributed by atoms with Crippen molar-refractivity contribution in [1.82, 2.24) is 0 Å². The second kappa shape index (κ2) is 9.05. The normalized spacial score (nSPS) is 10.3. The van der Waals surface area contributed by atoms with Gasteiger partial charge in [-0.3, -0.25) is 9.59 Å². The number of anilines is 2. The first-order valence-corrected chi connectivity index (χ1v) is 9.40. The zero-order chi connectivity index (χ0) is 19.1. The van der Waals surface area contributed by atoms with Gasteiger partial charge in [-0.2, -0.15) is 0 Å². The van der Waals surface area contributed by atoms with E-state index in [1.165, 1.54) is 6.92 Å². The molecule has 3 rings (SSSR count). The summed E-state index contributed by atoms with van der Waals surface area (Å²) < 4.78 is 0. The number of para-hydroxylation sites is 1. The van der Waals surface area contributed by atoms with E-state index < -0.39 is 0 Å². The van der Waals surface area contributed by atoms with Crippen molar-refractivity contribution in [2.24, 2.45) is 0 Å². The second-order valence-corrected chi connectivity index (χ2v) is 7.06. The van der Waals surface area contributed by atoms with Crippen LogP contribution in [0.3, 0.4) is 0 Å². The lowest BCUT2D eigenvalue weighted by Crippen LogP contribution is -2.22. The molecule has 0 aliphatic carbocycles. The molecule has 1 amide bonds. The van der Waals surface area contributed by atoms with Gasteiger partial charge in [0.2, 0.25) is 5.91 Å². The Labute approximate surface area is 163 Å². The van der Waals surface area contributed by atoms with E-state index in [4.69, 9.17) is 0 Å². The molecule has 0 bridgehead atoms. The van der Waals surface area contributed by atoms with Gasteiger partial charge in [0.1, 0.15) is 0 Å². The highest BCUT2D eigenvalue weighted by molar-refractivity contribution is 7.99. The quantitative estimate of drug-likeness (QED) is 0.564. The molecule has 0 radical (unpaired) electrons. The molecule has 0 saturated heterocycles. The van der Waals surface area contributed by atoms with Gasteiger partial charge in [-0.1, -0.05) is 42.1 Å². The molecule has 3 aromatic rings. The average Bonchev–Trinajstić information content (AvgIpc) is 2.69. The number of Topliss-reactive ketones (excluding diaryl/α,β-unsaturated/α-hetero) is 1. The van der Waals surface area contributed by atoms with Crippen LogP contribution in [-0.2, 0) is 4.79 Å². The highest BCUT2D eigenvalue weighted by Gasteiger charge is 2.08. The van der Waals surface area contributed by atoms with Gasteiger partial charge < -0.3 is 10.6 Å². The summed E-state index contributed by atoms with van der Waals surface area (Å²) in [6.45, 7) is 1.67. The van der Waals surface area contributed by atoms with E-state index in [1.807, 2.05) is 54.6 Å². The van der Waals surface area contributed by atoms with Crippen molar-refractivity contribution in [3.05, 3.63) is 84.4 Å². The molecule has 27 heavy (non-hydrogen) atoms. The molecular weight excluding hydrogens is 356 g/mol. The minimum atomic E-state index is -0.133. The average molecular weight is 376 g/mol. The van der Waals surface area contributed by atoms with Crippen molar-refractivity contribution in [3.63, 3.8) is 0 Å². The Hall–Kier alpha value is -3.05. The molecule has 0 heterocycles. The molecule has 5 heteroatoms. The van der Waals surface area contributed by atoms with Gasteiger partial charge in [0.05, 0.1) is 12.2 Å². The third-order valence-electron chi connectivity index (χ3n) is 3.88. The molecule has 0 aliphatic heterocycles. The maximum atomic E-state index is 12.3. The first kappa shape index (κ1) is 18.7. The fourth-order valence-electron chi connectivity index (χ4n) is 2.47. The Morgan fingerprint density at radius 1 is 0.852 bits per heavy atom. The van der Waals surface area contributed by atoms with Gasteiger partial charge in [-0.15, -0.1) is 0 Å². The molecule has 0 unspecified atom stereocenters. The first-order valence-electron chi connectivity index (χ1n) is 8.58. The summed E-state index contributed by atoms with van der Waals surface area (Å²) in [5.74, 6) is -0.112. The van der Waals surface area contributed by atoms with Crippen LogP contribution < -0.4 is 10.6 Å². The largest absolute Gasteiger partial charge is 0.376 e. The highest BCUT2D eigenvalue weighted by atomic mass is 32.2. The fourth-order valence-corrected chi connectivity index (χ4v) is 3.40. The van der Waals surface area contributed by atoms with E-state index in [-0.39, 0.29) is 18.2 Å². The third-order valence-corrected chi connectivity index (χ3v) is 4.96. The van der Waals surface area contributed by atoms with Crippen LogP contribution in [0.5, 0.6) is 0 Å². The number of nitrogens with one attached hydrogen (secondary N) is 2. The van der Waals surface area contributed by atoms with Crippen molar-refractivity contribution < 1.29 is 9.59 Å². The van der Waals surface area contributed by atoms with Gasteiger partial charge in [0.25, 0.3) is 0 Å². The number of hydrogen-bond donors (Lipinski definition) is 2. The fraction of sp³-hybridized carbons (Fsp3) is 0.0909. The van der Waals surface area contributed by atoms with Crippen LogP contribution in [-0.4, -0.2) is 18.2 Å². The maximum Gasteiger partial charge on any atom is 0.243 e. The molecule has 0 spiro atoms. The molecule has 0 saturated carbocycles. The summed E-state index contributed by atoms with van der Waals surface area (Å²) in [4.78, 5) is 25.7. The minimum Gasteiger partial charge on any atom is -0.376 e. The van der Waals surface area contributed by atoms with Gasteiger partial charge in [-0.05, 0) is 55.5 Å². The van der Waals surface area contributed by atoms with Crippen molar-refractivity contribution >= 4 is 34.8 Å². The summed E-state index contributed by atoms with van der Waals surface area (Å²) in [6, 6.07) is 24.8. The molecule has 4 nitrogen and oxygen atoms in total. The summed E-state index contributed by atoms with van der Waals surface area (Å²) in [7, 11) is 0. The Bertz CT molecular complexity index is 925. The SMILES string of the molecule is CC(=O)c1ccc(NCC(=O)Nc2ccccc2Sc2ccccc2)cc1. The zero-order valence-electron chi connectivity index (χ0n) is 14.9. The van der Waals surface area contributed by atoms with Crippen LogP contribution in [0.15, 0.2) is 88.7 Å². The van der Waals surface area contributed by atoms with E-state index in [2.05, 4.69) is 10.6 Å². The number of benzene rings is 3. The van der Waals surface area contributed by atoms with Gasteiger partial charge >= 0.3 is 0 Å². The minimum absolute atomic E-state index is 0.0202. The lowest BCUT2D eigenvalue weighted by molar-refractivity contribution is -0.114. The molecule has 0 atom stereocenters. The first-order chi connectivity index (χ1) is 13.1. The molecule has 3 aromatic carbocycles. The summed E-state index contributed by atoms with van der Waals surface area (Å²) in [5.41, 5.74) is 2.23. The molecule has 0 aliphatic rings. The number of hydrogen-bond acceptors (Lipinski definition) is 4.